The maximum Gasteiger partial charge on any atom is 0.339 e. The summed E-state index contributed by atoms with van der Waals surface area (Å²) in [6.45, 7) is 1.46. The minimum atomic E-state index is -1.81. The van der Waals surface area contributed by atoms with Gasteiger partial charge < -0.3 is 14.9 Å². The van der Waals surface area contributed by atoms with Crippen LogP contribution in [0.2, 0.25) is 0 Å². The van der Waals surface area contributed by atoms with Crippen molar-refractivity contribution in [2.45, 2.75) is 13.0 Å². The van der Waals surface area contributed by atoms with Crippen molar-refractivity contribution in [3.05, 3.63) is 29.1 Å². The Morgan fingerprint density at radius 2 is 2.13 bits per heavy atom. The van der Waals surface area contributed by atoms with Gasteiger partial charge in [-0.25, -0.2) is 9.18 Å². The molecule has 0 radical (unpaired) electrons. The smallest absolute Gasteiger partial charge is 0.339 e. The molecule has 0 aliphatic heterocycles. The van der Waals surface area contributed by atoms with Crippen molar-refractivity contribution in [1.29, 1.82) is 0 Å². The van der Waals surface area contributed by atoms with Crippen molar-refractivity contribution in [3.63, 3.8) is 0 Å². The van der Waals surface area contributed by atoms with Crippen LogP contribution in [-0.2, 0) is 9.53 Å². The van der Waals surface area contributed by atoms with Gasteiger partial charge in [0, 0.05) is 0 Å². The number of methoxy groups -OCH3 is 1. The number of carbonyl (C=O) groups excluding carboxylic acids is 1. The molecule has 0 saturated carbocycles. The van der Waals surface area contributed by atoms with Crippen LogP contribution in [0.25, 0.3) is 0 Å². The van der Waals surface area contributed by atoms with Crippen LogP contribution in [0.15, 0.2) is 12.1 Å². The van der Waals surface area contributed by atoms with Crippen LogP contribution < -0.4 is 0 Å². The second-order valence-electron chi connectivity index (χ2n) is 3.05. The first-order valence-corrected chi connectivity index (χ1v) is 4.23. The molecular formula is C10H11FO4. The summed E-state index contributed by atoms with van der Waals surface area (Å²) in [6, 6.07) is 2.55. The van der Waals surface area contributed by atoms with Gasteiger partial charge in [0.2, 0.25) is 0 Å². The Balaban J connectivity index is 3.24. The molecule has 2 N–H and O–H groups in total. The number of carbonyl (C=O) groups is 1. The lowest BCUT2D eigenvalue weighted by Crippen LogP contribution is -2.15. The molecule has 4 nitrogen and oxygen atoms in total. The Labute approximate surface area is 85.9 Å². The lowest BCUT2D eigenvalue weighted by molar-refractivity contribution is -0.151. The Morgan fingerprint density at radius 1 is 1.53 bits per heavy atom. The summed E-state index contributed by atoms with van der Waals surface area (Å²) in [7, 11) is 1.07. The molecule has 82 valence electrons. The number of hydrogen-bond acceptors (Lipinski definition) is 4. The number of aromatic hydroxyl groups is 1. The van der Waals surface area contributed by atoms with Gasteiger partial charge in [-0.3, -0.25) is 0 Å². The fraction of sp³-hybridized carbons (Fsp3) is 0.300. The zero-order chi connectivity index (χ0) is 11.6. The second-order valence-corrected chi connectivity index (χ2v) is 3.05. The highest BCUT2D eigenvalue weighted by Crippen LogP contribution is 2.29. The molecule has 0 heterocycles. The Hall–Kier alpha value is -1.62. The molecule has 0 aromatic heterocycles. The molecule has 0 aliphatic carbocycles. The zero-order valence-corrected chi connectivity index (χ0v) is 8.32. The van der Waals surface area contributed by atoms with E-state index in [4.69, 9.17) is 0 Å². The molecule has 1 unspecified atom stereocenters. The topological polar surface area (TPSA) is 66.8 Å². The number of aliphatic hydroxyl groups is 1. The van der Waals surface area contributed by atoms with E-state index in [9.17, 15) is 19.4 Å². The van der Waals surface area contributed by atoms with E-state index in [1.807, 2.05) is 0 Å². The molecule has 0 aliphatic rings. The third-order valence-electron chi connectivity index (χ3n) is 2.05. The van der Waals surface area contributed by atoms with E-state index in [2.05, 4.69) is 4.74 Å². The van der Waals surface area contributed by atoms with Crippen LogP contribution in [-0.4, -0.2) is 23.3 Å². The van der Waals surface area contributed by atoms with Crippen LogP contribution in [0.1, 0.15) is 17.2 Å². The second kappa shape index (κ2) is 4.27. The molecule has 15 heavy (non-hydrogen) atoms. The van der Waals surface area contributed by atoms with Crippen molar-refractivity contribution in [3.8, 4) is 5.75 Å². The fourth-order valence-electron chi connectivity index (χ4n) is 1.18. The number of hydrogen-bond donors (Lipinski definition) is 2. The normalized spacial score (nSPS) is 12.3. The number of aryl methyl sites for hydroxylation is 1. The summed E-state index contributed by atoms with van der Waals surface area (Å²) in [5.41, 5.74) is -0.229. The maximum atomic E-state index is 13.5. The van der Waals surface area contributed by atoms with Crippen molar-refractivity contribution < 1.29 is 24.1 Å². The lowest BCUT2D eigenvalue weighted by Gasteiger charge is -2.12. The predicted octanol–water partition coefficient (Wildman–Crippen LogP) is 1.05. The molecule has 1 rings (SSSR count). The molecule has 0 spiro atoms. The molecule has 0 saturated heterocycles. The summed E-state index contributed by atoms with van der Waals surface area (Å²) < 4.78 is 17.7. The van der Waals surface area contributed by atoms with Crippen molar-refractivity contribution in [1.82, 2.24) is 0 Å². The van der Waals surface area contributed by atoms with Gasteiger partial charge in [0.25, 0.3) is 0 Å². The Bertz CT molecular complexity index is 389. The quantitative estimate of drug-likeness (QED) is 0.722. The number of aliphatic hydroxyl groups excluding tert-OH is 1. The average Bonchev–Trinajstić information content (AvgIpc) is 2.22. The van der Waals surface area contributed by atoms with E-state index in [1.165, 1.54) is 19.1 Å². The third-order valence-corrected chi connectivity index (χ3v) is 2.05. The lowest BCUT2D eigenvalue weighted by atomic mass is 10.0. The first-order valence-electron chi connectivity index (χ1n) is 4.23. The molecular weight excluding hydrogens is 203 g/mol. The van der Waals surface area contributed by atoms with Crippen molar-refractivity contribution in [2.75, 3.05) is 7.11 Å². The first kappa shape index (κ1) is 11.5. The molecule has 5 heteroatoms. The average molecular weight is 214 g/mol. The van der Waals surface area contributed by atoms with Crippen molar-refractivity contribution in [2.24, 2.45) is 0 Å². The highest BCUT2D eigenvalue weighted by Gasteiger charge is 2.25. The van der Waals surface area contributed by atoms with Crippen LogP contribution in [0.5, 0.6) is 5.75 Å². The van der Waals surface area contributed by atoms with Gasteiger partial charge >= 0.3 is 5.97 Å². The highest BCUT2D eigenvalue weighted by molar-refractivity contribution is 5.77. The van der Waals surface area contributed by atoms with E-state index in [0.717, 1.165) is 7.11 Å². The molecule has 1 aromatic carbocycles. The van der Waals surface area contributed by atoms with Gasteiger partial charge in [-0.15, -0.1) is 0 Å². The zero-order valence-electron chi connectivity index (χ0n) is 8.32. The van der Waals surface area contributed by atoms with Gasteiger partial charge in [0.1, 0.15) is 11.6 Å². The molecule has 0 bridgehead atoms. The Kier molecular flexibility index (Phi) is 3.26. The van der Waals surface area contributed by atoms with Crippen molar-refractivity contribution >= 4 is 5.97 Å². The van der Waals surface area contributed by atoms with Gasteiger partial charge in [-0.05, 0) is 18.6 Å². The summed E-state index contributed by atoms with van der Waals surface area (Å²) in [4.78, 5) is 11.0. The largest absolute Gasteiger partial charge is 0.507 e. The van der Waals surface area contributed by atoms with Gasteiger partial charge in [0.15, 0.2) is 6.10 Å². The molecule has 1 atom stereocenters. The number of esters is 1. The highest BCUT2D eigenvalue weighted by atomic mass is 19.1. The summed E-state index contributed by atoms with van der Waals surface area (Å²) in [6.07, 6.45) is -1.81. The number of phenolic OH excluding ortho intramolecular Hbond substituents is 1. The van der Waals surface area contributed by atoms with Crippen LogP contribution >= 0.6 is 0 Å². The minimum absolute atomic E-state index is 0.228. The van der Waals surface area contributed by atoms with Crippen LogP contribution in [0, 0.1) is 12.7 Å². The van der Waals surface area contributed by atoms with E-state index in [1.54, 1.807) is 0 Å². The molecule has 0 amide bonds. The Morgan fingerprint density at radius 3 is 2.67 bits per heavy atom. The summed E-state index contributed by atoms with van der Waals surface area (Å²) in [5.74, 6) is -2.31. The van der Waals surface area contributed by atoms with E-state index in [-0.39, 0.29) is 5.56 Å². The monoisotopic (exact) mass is 214 g/mol. The van der Waals surface area contributed by atoms with E-state index >= 15 is 0 Å². The first-order chi connectivity index (χ1) is 6.99. The number of rotatable bonds is 2. The number of ether oxygens (including phenoxy) is 1. The number of phenols is 1. The number of halogens is 1. The van der Waals surface area contributed by atoms with E-state index in [0.29, 0.717) is 0 Å². The maximum absolute atomic E-state index is 13.5. The summed E-state index contributed by atoms with van der Waals surface area (Å²) in [5, 5.41) is 18.7. The predicted molar refractivity (Wildman–Crippen MR) is 49.8 cm³/mol. The van der Waals surface area contributed by atoms with Gasteiger partial charge in [-0.2, -0.15) is 0 Å². The van der Waals surface area contributed by atoms with Crippen LogP contribution in [0.4, 0.5) is 4.39 Å². The SMILES string of the molecule is COC(=O)C(O)c1c(O)ccc(C)c1F. The standard InChI is InChI=1S/C10H11FO4/c1-5-3-4-6(12)7(8(5)11)9(13)10(14)15-2/h3-4,9,12-13H,1-2H3. The minimum Gasteiger partial charge on any atom is -0.507 e. The summed E-state index contributed by atoms with van der Waals surface area (Å²) >= 11 is 0. The van der Waals surface area contributed by atoms with E-state index < -0.39 is 29.2 Å². The molecule has 0 fully saturated rings. The van der Waals surface area contributed by atoms with Gasteiger partial charge in [-0.1, -0.05) is 6.07 Å². The van der Waals surface area contributed by atoms with Crippen LogP contribution in [0.3, 0.4) is 0 Å². The fourth-order valence-corrected chi connectivity index (χ4v) is 1.18. The molecule has 1 aromatic rings. The third kappa shape index (κ3) is 2.07. The number of benzene rings is 1. The van der Waals surface area contributed by atoms with Gasteiger partial charge in [0.05, 0.1) is 12.7 Å².